The maximum Gasteiger partial charge on any atom is 0.277 e. The quantitative estimate of drug-likeness (QED) is 0.327. The van der Waals surface area contributed by atoms with Gasteiger partial charge in [-0.25, -0.2) is 9.82 Å². The standard InChI is InChI=1S/C24H19ClFN3O2/c25-21-6-1-2-7-23(21)31-16-24(30)28-27-14-17-8-9-22-19(12-17)10-11-29(22)15-18-4-3-5-20(26)13-18/h1-14H,15-16H2,(H,28,30)/b27-14-. The number of hydrogen-bond donors (Lipinski definition) is 1. The average molecular weight is 436 g/mol. The fourth-order valence-electron chi connectivity index (χ4n) is 3.18. The molecule has 5 nitrogen and oxygen atoms in total. The van der Waals surface area contributed by atoms with Crippen molar-refractivity contribution in [3.8, 4) is 5.75 Å². The summed E-state index contributed by atoms with van der Waals surface area (Å²) in [5, 5.41) is 5.44. The number of fused-ring (bicyclic) bond motifs is 1. The molecule has 7 heteroatoms. The van der Waals surface area contributed by atoms with E-state index in [0.29, 0.717) is 17.3 Å². The van der Waals surface area contributed by atoms with Gasteiger partial charge in [-0.15, -0.1) is 0 Å². The fraction of sp³-hybridized carbons (Fsp3) is 0.0833. The Morgan fingerprint density at radius 3 is 2.81 bits per heavy atom. The minimum absolute atomic E-state index is 0.191. The molecular formula is C24H19ClFN3O2. The molecule has 4 aromatic rings. The Morgan fingerprint density at radius 1 is 1.10 bits per heavy atom. The lowest BCUT2D eigenvalue weighted by molar-refractivity contribution is -0.123. The van der Waals surface area contributed by atoms with Crippen molar-refractivity contribution in [2.24, 2.45) is 5.10 Å². The van der Waals surface area contributed by atoms with Crippen LogP contribution in [0.2, 0.25) is 5.02 Å². The van der Waals surface area contributed by atoms with E-state index in [-0.39, 0.29) is 12.4 Å². The minimum atomic E-state index is -0.390. The number of aromatic nitrogens is 1. The number of carbonyl (C=O) groups excluding carboxylic acids is 1. The molecule has 31 heavy (non-hydrogen) atoms. The third kappa shape index (κ3) is 5.29. The number of carbonyl (C=O) groups is 1. The first-order valence-electron chi connectivity index (χ1n) is 9.61. The van der Waals surface area contributed by atoms with Crippen molar-refractivity contribution in [1.29, 1.82) is 0 Å². The van der Waals surface area contributed by atoms with Gasteiger partial charge in [-0.05, 0) is 53.6 Å². The van der Waals surface area contributed by atoms with Crippen LogP contribution in [0.3, 0.4) is 0 Å². The highest BCUT2D eigenvalue weighted by Gasteiger charge is 2.05. The molecule has 0 saturated carbocycles. The summed E-state index contributed by atoms with van der Waals surface area (Å²) in [5.74, 6) is -0.193. The normalized spacial score (nSPS) is 11.2. The number of nitrogens with zero attached hydrogens (tertiary/aromatic N) is 2. The van der Waals surface area contributed by atoms with Crippen LogP contribution in [-0.2, 0) is 11.3 Å². The van der Waals surface area contributed by atoms with E-state index in [9.17, 15) is 9.18 Å². The summed E-state index contributed by atoms with van der Waals surface area (Å²) in [5.41, 5.74) is 5.19. The second-order valence-corrected chi connectivity index (χ2v) is 7.31. The molecule has 0 spiro atoms. The number of rotatable bonds is 7. The van der Waals surface area contributed by atoms with Gasteiger partial charge in [0, 0.05) is 23.6 Å². The summed E-state index contributed by atoms with van der Waals surface area (Å²) in [6.07, 6.45) is 3.53. The predicted octanol–water partition coefficient (Wildman–Crippen LogP) is 5.01. The van der Waals surface area contributed by atoms with Crippen molar-refractivity contribution in [3.63, 3.8) is 0 Å². The first-order chi connectivity index (χ1) is 15.1. The van der Waals surface area contributed by atoms with E-state index >= 15 is 0 Å². The molecule has 4 rings (SSSR count). The van der Waals surface area contributed by atoms with Crippen LogP contribution in [0.5, 0.6) is 5.75 Å². The second kappa shape index (κ2) is 9.45. The maximum absolute atomic E-state index is 13.4. The number of para-hydroxylation sites is 1. The van der Waals surface area contributed by atoms with E-state index in [2.05, 4.69) is 15.1 Å². The smallest absolute Gasteiger partial charge is 0.277 e. The molecule has 0 fully saturated rings. The monoisotopic (exact) mass is 435 g/mol. The molecule has 1 heterocycles. The molecule has 0 atom stereocenters. The topological polar surface area (TPSA) is 55.6 Å². The molecule has 0 aliphatic heterocycles. The summed E-state index contributed by atoms with van der Waals surface area (Å²) < 4.78 is 20.9. The highest BCUT2D eigenvalue weighted by molar-refractivity contribution is 6.32. The predicted molar refractivity (Wildman–Crippen MR) is 120 cm³/mol. The number of halogens is 2. The molecule has 0 aliphatic carbocycles. The van der Waals surface area contributed by atoms with Gasteiger partial charge in [0.2, 0.25) is 0 Å². The minimum Gasteiger partial charge on any atom is -0.482 e. The third-order valence-corrected chi connectivity index (χ3v) is 4.95. The number of ether oxygens (including phenoxy) is 1. The van der Waals surface area contributed by atoms with Crippen LogP contribution in [0.1, 0.15) is 11.1 Å². The summed E-state index contributed by atoms with van der Waals surface area (Å²) in [4.78, 5) is 11.9. The molecule has 1 N–H and O–H groups in total. The Hall–Kier alpha value is -3.64. The SMILES string of the molecule is O=C(COc1ccccc1Cl)N/N=C\c1ccc2c(ccn2Cc2cccc(F)c2)c1. The van der Waals surface area contributed by atoms with E-state index in [1.54, 1.807) is 36.5 Å². The van der Waals surface area contributed by atoms with Crippen molar-refractivity contribution < 1.29 is 13.9 Å². The molecule has 0 saturated heterocycles. The van der Waals surface area contributed by atoms with E-state index in [0.717, 1.165) is 22.0 Å². The van der Waals surface area contributed by atoms with Crippen molar-refractivity contribution in [1.82, 2.24) is 9.99 Å². The summed E-state index contributed by atoms with van der Waals surface area (Å²) in [6, 6.07) is 21.3. The zero-order chi connectivity index (χ0) is 21.6. The maximum atomic E-state index is 13.4. The average Bonchev–Trinajstić information content (AvgIpc) is 3.15. The van der Waals surface area contributed by atoms with Crippen LogP contribution in [0.15, 0.2) is 84.1 Å². The fourth-order valence-corrected chi connectivity index (χ4v) is 3.38. The molecule has 0 radical (unpaired) electrons. The van der Waals surface area contributed by atoms with Crippen LogP contribution >= 0.6 is 11.6 Å². The summed E-state index contributed by atoms with van der Waals surface area (Å²) in [7, 11) is 0. The molecule has 1 aromatic heterocycles. The van der Waals surface area contributed by atoms with Gasteiger partial charge in [0.15, 0.2) is 6.61 Å². The van der Waals surface area contributed by atoms with Crippen molar-refractivity contribution in [2.75, 3.05) is 6.61 Å². The zero-order valence-electron chi connectivity index (χ0n) is 16.5. The number of benzene rings is 3. The van der Waals surface area contributed by atoms with Crippen LogP contribution in [0.4, 0.5) is 4.39 Å². The number of hydrazone groups is 1. The molecular weight excluding hydrogens is 417 g/mol. The molecule has 0 bridgehead atoms. The molecule has 3 aromatic carbocycles. The lowest BCUT2D eigenvalue weighted by Crippen LogP contribution is -2.24. The highest BCUT2D eigenvalue weighted by Crippen LogP contribution is 2.23. The van der Waals surface area contributed by atoms with Gasteiger partial charge in [0.25, 0.3) is 5.91 Å². The van der Waals surface area contributed by atoms with E-state index in [4.69, 9.17) is 16.3 Å². The van der Waals surface area contributed by atoms with Crippen molar-refractivity contribution in [2.45, 2.75) is 6.54 Å². The lowest BCUT2D eigenvalue weighted by atomic mass is 10.1. The Balaban J connectivity index is 1.36. The Labute approximate surface area is 183 Å². The van der Waals surface area contributed by atoms with Gasteiger partial charge in [-0.1, -0.05) is 41.9 Å². The summed E-state index contributed by atoms with van der Waals surface area (Å²) in [6.45, 7) is 0.388. The zero-order valence-corrected chi connectivity index (χ0v) is 17.2. The summed E-state index contributed by atoms with van der Waals surface area (Å²) >= 11 is 5.99. The van der Waals surface area contributed by atoms with Crippen molar-refractivity contribution >= 4 is 34.6 Å². The Bertz CT molecular complexity index is 1250. The number of nitrogens with one attached hydrogen (secondary N) is 1. The van der Waals surface area contributed by atoms with Gasteiger partial charge >= 0.3 is 0 Å². The molecule has 0 aliphatic rings. The first-order valence-corrected chi connectivity index (χ1v) is 9.99. The third-order valence-electron chi connectivity index (χ3n) is 4.64. The van der Waals surface area contributed by atoms with E-state index in [1.165, 1.54) is 12.1 Å². The number of amides is 1. The van der Waals surface area contributed by atoms with Gasteiger partial charge in [-0.3, -0.25) is 4.79 Å². The lowest BCUT2D eigenvalue weighted by Gasteiger charge is -2.07. The van der Waals surface area contributed by atoms with Crippen LogP contribution < -0.4 is 10.2 Å². The van der Waals surface area contributed by atoms with Gasteiger partial charge in [0.05, 0.1) is 11.2 Å². The van der Waals surface area contributed by atoms with Gasteiger partial charge < -0.3 is 9.30 Å². The molecule has 0 unspecified atom stereocenters. The highest BCUT2D eigenvalue weighted by atomic mass is 35.5. The Morgan fingerprint density at radius 2 is 1.97 bits per heavy atom. The first kappa shape index (κ1) is 20.6. The van der Waals surface area contributed by atoms with Crippen LogP contribution in [-0.4, -0.2) is 23.3 Å². The van der Waals surface area contributed by atoms with Crippen LogP contribution in [0, 0.1) is 5.82 Å². The largest absolute Gasteiger partial charge is 0.482 e. The van der Waals surface area contributed by atoms with Crippen molar-refractivity contribution in [3.05, 3.63) is 101 Å². The second-order valence-electron chi connectivity index (χ2n) is 6.90. The number of hydrogen-bond acceptors (Lipinski definition) is 3. The van der Waals surface area contributed by atoms with Gasteiger partial charge in [0.1, 0.15) is 11.6 Å². The molecule has 1 amide bonds. The van der Waals surface area contributed by atoms with Gasteiger partial charge in [-0.2, -0.15) is 5.10 Å². The Kier molecular flexibility index (Phi) is 6.29. The van der Waals surface area contributed by atoms with E-state index in [1.807, 2.05) is 36.5 Å². The van der Waals surface area contributed by atoms with E-state index < -0.39 is 5.91 Å². The van der Waals surface area contributed by atoms with Crippen LogP contribution in [0.25, 0.3) is 10.9 Å². The molecule has 156 valence electrons.